The quantitative estimate of drug-likeness (QED) is 0.924. The number of nitrogens with two attached hydrogens (primary N) is 1. The first-order valence-electron chi connectivity index (χ1n) is 7.23. The van der Waals surface area contributed by atoms with Gasteiger partial charge in [-0.2, -0.15) is 0 Å². The SMILES string of the molecule is NCC(c1ccc(F)c(F)c1)N1CCOC2CCCC21. The average molecular weight is 282 g/mol. The highest BCUT2D eigenvalue weighted by atomic mass is 19.2. The van der Waals surface area contributed by atoms with E-state index in [0.717, 1.165) is 31.4 Å². The molecule has 0 aromatic heterocycles. The van der Waals surface area contributed by atoms with Crippen molar-refractivity contribution in [1.29, 1.82) is 0 Å². The number of halogens is 2. The molecule has 1 saturated carbocycles. The minimum Gasteiger partial charge on any atom is -0.375 e. The summed E-state index contributed by atoms with van der Waals surface area (Å²) in [6, 6.07) is 4.37. The van der Waals surface area contributed by atoms with Gasteiger partial charge in [-0.05, 0) is 37.0 Å². The molecule has 3 rings (SSSR count). The van der Waals surface area contributed by atoms with E-state index in [9.17, 15) is 8.78 Å². The lowest BCUT2D eigenvalue weighted by atomic mass is 10.0. The fraction of sp³-hybridized carbons (Fsp3) is 0.600. The molecular formula is C15H20F2N2O. The Morgan fingerprint density at radius 2 is 2.15 bits per heavy atom. The number of hydrogen-bond donors (Lipinski definition) is 1. The first-order chi connectivity index (χ1) is 9.70. The average Bonchev–Trinajstić information content (AvgIpc) is 2.93. The summed E-state index contributed by atoms with van der Waals surface area (Å²) in [6.07, 6.45) is 3.59. The number of rotatable bonds is 3. The van der Waals surface area contributed by atoms with E-state index >= 15 is 0 Å². The maximum atomic E-state index is 13.5. The van der Waals surface area contributed by atoms with Crippen molar-refractivity contribution in [3.05, 3.63) is 35.4 Å². The number of morpholine rings is 1. The fourth-order valence-electron chi connectivity index (χ4n) is 3.53. The van der Waals surface area contributed by atoms with Gasteiger partial charge in [0.25, 0.3) is 0 Å². The molecule has 5 heteroatoms. The third-order valence-electron chi connectivity index (χ3n) is 4.48. The van der Waals surface area contributed by atoms with Crippen LogP contribution in [0.4, 0.5) is 8.78 Å². The number of benzene rings is 1. The van der Waals surface area contributed by atoms with Crippen LogP contribution < -0.4 is 5.73 Å². The zero-order valence-corrected chi connectivity index (χ0v) is 11.4. The Morgan fingerprint density at radius 3 is 2.90 bits per heavy atom. The first kappa shape index (κ1) is 13.9. The maximum absolute atomic E-state index is 13.5. The van der Waals surface area contributed by atoms with E-state index in [1.807, 2.05) is 0 Å². The van der Waals surface area contributed by atoms with Crippen molar-refractivity contribution in [2.75, 3.05) is 19.7 Å². The van der Waals surface area contributed by atoms with Crippen molar-refractivity contribution >= 4 is 0 Å². The molecule has 0 spiro atoms. The molecule has 2 N–H and O–H groups in total. The van der Waals surface area contributed by atoms with Crippen molar-refractivity contribution in [3.63, 3.8) is 0 Å². The van der Waals surface area contributed by atoms with Crippen LogP contribution in [0.1, 0.15) is 30.9 Å². The van der Waals surface area contributed by atoms with Crippen LogP contribution in [0, 0.1) is 11.6 Å². The molecule has 0 amide bonds. The predicted molar refractivity (Wildman–Crippen MR) is 72.2 cm³/mol. The number of nitrogens with zero attached hydrogens (tertiary/aromatic N) is 1. The lowest BCUT2D eigenvalue weighted by molar-refractivity contribution is -0.0711. The van der Waals surface area contributed by atoms with Crippen molar-refractivity contribution < 1.29 is 13.5 Å². The molecule has 3 atom stereocenters. The van der Waals surface area contributed by atoms with Gasteiger partial charge in [-0.1, -0.05) is 6.07 Å². The van der Waals surface area contributed by atoms with Gasteiger partial charge in [0.05, 0.1) is 12.7 Å². The van der Waals surface area contributed by atoms with Crippen molar-refractivity contribution in [2.45, 2.75) is 37.5 Å². The van der Waals surface area contributed by atoms with Gasteiger partial charge in [-0.25, -0.2) is 8.78 Å². The summed E-state index contributed by atoms with van der Waals surface area (Å²) in [5.74, 6) is -1.62. The number of fused-ring (bicyclic) bond motifs is 1. The van der Waals surface area contributed by atoms with Crippen LogP contribution in [0.3, 0.4) is 0 Å². The second kappa shape index (κ2) is 5.76. The Balaban J connectivity index is 1.86. The molecule has 110 valence electrons. The second-order valence-corrected chi connectivity index (χ2v) is 5.57. The molecule has 0 radical (unpaired) electrons. The highest BCUT2D eigenvalue weighted by Gasteiger charge is 2.39. The Bertz CT molecular complexity index is 483. The molecule has 1 aromatic rings. The van der Waals surface area contributed by atoms with Gasteiger partial charge in [0, 0.05) is 25.2 Å². The molecule has 1 aliphatic carbocycles. The summed E-state index contributed by atoms with van der Waals surface area (Å²) in [4.78, 5) is 2.31. The minimum absolute atomic E-state index is 0.0698. The van der Waals surface area contributed by atoms with E-state index in [1.165, 1.54) is 12.1 Å². The van der Waals surface area contributed by atoms with Gasteiger partial charge in [0.15, 0.2) is 11.6 Å². The molecule has 1 saturated heterocycles. The summed E-state index contributed by atoms with van der Waals surface area (Å²) >= 11 is 0. The molecule has 1 heterocycles. The molecule has 2 aliphatic rings. The van der Waals surface area contributed by atoms with Crippen LogP contribution in [-0.2, 0) is 4.74 Å². The summed E-state index contributed by atoms with van der Waals surface area (Å²) in [5, 5.41) is 0. The highest BCUT2D eigenvalue weighted by molar-refractivity contribution is 5.22. The van der Waals surface area contributed by atoms with Crippen LogP contribution in [-0.4, -0.2) is 36.7 Å². The van der Waals surface area contributed by atoms with Gasteiger partial charge in [0.2, 0.25) is 0 Å². The van der Waals surface area contributed by atoms with E-state index in [4.69, 9.17) is 10.5 Å². The lowest BCUT2D eigenvalue weighted by Crippen LogP contribution is -2.51. The summed E-state index contributed by atoms with van der Waals surface area (Å²) < 4.78 is 32.3. The number of hydrogen-bond acceptors (Lipinski definition) is 3. The van der Waals surface area contributed by atoms with Gasteiger partial charge in [-0.15, -0.1) is 0 Å². The van der Waals surface area contributed by atoms with Crippen molar-refractivity contribution in [1.82, 2.24) is 4.90 Å². The normalized spacial score (nSPS) is 28.4. The van der Waals surface area contributed by atoms with Gasteiger partial charge in [0.1, 0.15) is 0 Å². The van der Waals surface area contributed by atoms with E-state index in [-0.39, 0.29) is 12.1 Å². The van der Waals surface area contributed by atoms with Crippen LogP contribution in [0.25, 0.3) is 0 Å². The van der Waals surface area contributed by atoms with Crippen LogP contribution in [0.5, 0.6) is 0 Å². The molecule has 0 bridgehead atoms. The van der Waals surface area contributed by atoms with E-state index in [2.05, 4.69) is 4.90 Å². The monoisotopic (exact) mass is 282 g/mol. The lowest BCUT2D eigenvalue weighted by Gasteiger charge is -2.42. The van der Waals surface area contributed by atoms with Gasteiger partial charge < -0.3 is 10.5 Å². The fourth-order valence-corrected chi connectivity index (χ4v) is 3.53. The second-order valence-electron chi connectivity index (χ2n) is 5.57. The smallest absolute Gasteiger partial charge is 0.159 e. The Kier molecular flexibility index (Phi) is 4.01. The summed E-state index contributed by atoms with van der Waals surface area (Å²) in [6.45, 7) is 1.87. The van der Waals surface area contributed by atoms with Crippen LogP contribution >= 0.6 is 0 Å². The summed E-state index contributed by atoms with van der Waals surface area (Å²) in [7, 11) is 0. The number of ether oxygens (including phenoxy) is 1. The maximum Gasteiger partial charge on any atom is 0.159 e. The van der Waals surface area contributed by atoms with E-state index < -0.39 is 11.6 Å². The molecule has 3 unspecified atom stereocenters. The molecule has 2 fully saturated rings. The Hall–Kier alpha value is -1.04. The van der Waals surface area contributed by atoms with E-state index in [1.54, 1.807) is 6.07 Å². The van der Waals surface area contributed by atoms with Crippen LogP contribution in [0.15, 0.2) is 18.2 Å². The predicted octanol–water partition coefficient (Wildman–Crippen LogP) is 2.22. The Labute approximate surface area is 117 Å². The third kappa shape index (κ3) is 2.45. The first-order valence-corrected chi connectivity index (χ1v) is 7.23. The zero-order valence-electron chi connectivity index (χ0n) is 11.4. The molecule has 3 nitrogen and oxygen atoms in total. The molecular weight excluding hydrogens is 262 g/mol. The third-order valence-corrected chi connectivity index (χ3v) is 4.48. The van der Waals surface area contributed by atoms with Crippen molar-refractivity contribution in [2.24, 2.45) is 5.73 Å². The van der Waals surface area contributed by atoms with E-state index in [0.29, 0.717) is 19.2 Å². The molecule has 1 aromatic carbocycles. The minimum atomic E-state index is -0.815. The standard InChI is InChI=1S/C15H20F2N2O/c16-11-5-4-10(8-12(11)17)14(9-18)19-6-7-20-15-3-1-2-13(15)19/h4-5,8,13-15H,1-3,6-7,9,18H2. The molecule has 1 aliphatic heterocycles. The molecule has 20 heavy (non-hydrogen) atoms. The zero-order chi connectivity index (χ0) is 14.1. The van der Waals surface area contributed by atoms with Gasteiger partial charge in [-0.3, -0.25) is 4.90 Å². The summed E-state index contributed by atoms with van der Waals surface area (Å²) in [5.41, 5.74) is 6.66. The van der Waals surface area contributed by atoms with Crippen molar-refractivity contribution in [3.8, 4) is 0 Å². The largest absolute Gasteiger partial charge is 0.375 e. The van der Waals surface area contributed by atoms with Crippen LogP contribution in [0.2, 0.25) is 0 Å². The van der Waals surface area contributed by atoms with Gasteiger partial charge >= 0.3 is 0 Å². The highest BCUT2D eigenvalue weighted by Crippen LogP contribution is 2.35. The topological polar surface area (TPSA) is 38.5 Å². The Morgan fingerprint density at radius 1 is 1.30 bits per heavy atom.